The van der Waals surface area contributed by atoms with Crippen LogP contribution in [0, 0.1) is 13.8 Å². The molecule has 0 amide bonds. The van der Waals surface area contributed by atoms with E-state index in [1.807, 2.05) is 14.1 Å². The molecule has 14 heavy (non-hydrogen) atoms. The summed E-state index contributed by atoms with van der Waals surface area (Å²) < 4.78 is 0. The Labute approximate surface area is 86.7 Å². The van der Waals surface area contributed by atoms with E-state index in [-0.39, 0.29) is 0 Å². The van der Waals surface area contributed by atoms with E-state index in [0.717, 1.165) is 6.54 Å². The van der Waals surface area contributed by atoms with Crippen LogP contribution in [0.3, 0.4) is 0 Å². The molecule has 2 N–H and O–H groups in total. The zero-order valence-electron chi connectivity index (χ0n) is 9.52. The fourth-order valence-electron chi connectivity index (χ4n) is 1.79. The first-order chi connectivity index (χ1) is 6.69. The molecule has 2 nitrogen and oxygen atoms in total. The highest BCUT2D eigenvalue weighted by atomic mass is 14.9. The summed E-state index contributed by atoms with van der Waals surface area (Å²) in [6.07, 6.45) is 0. The normalized spacial score (nSPS) is 12.9. The number of likely N-dealkylation sites (N-methyl/N-ethyl adjacent to an activating group) is 2. The van der Waals surface area contributed by atoms with Crippen molar-refractivity contribution in [1.82, 2.24) is 10.6 Å². The topological polar surface area (TPSA) is 24.1 Å². The minimum atomic E-state index is 0.403. The van der Waals surface area contributed by atoms with E-state index in [9.17, 15) is 0 Å². The van der Waals surface area contributed by atoms with Crippen LogP contribution < -0.4 is 10.6 Å². The third kappa shape index (κ3) is 2.56. The molecule has 0 saturated carbocycles. The van der Waals surface area contributed by atoms with Gasteiger partial charge in [0.25, 0.3) is 0 Å². The number of nitrogens with one attached hydrogen (secondary N) is 2. The van der Waals surface area contributed by atoms with Crippen molar-refractivity contribution in [2.24, 2.45) is 0 Å². The number of hydrogen-bond donors (Lipinski definition) is 2. The van der Waals surface area contributed by atoms with E-state index in [1.165, 1.54) is 16.7 Å². The van der Waals surface area contributed by atoms with Gasteiger partial charge in [-0.05, 0) is 39.1 Å². The molecule has 0 aromatic heterocycles. The highest BCUT2D eigenvalue weighted by Gasteiger charge is 2.09. The Morgan fingerprint density at radius 1 is 1.21 bits per heavy atom. The molecule has 0 aliphatic rings. The maximum absolute atomic E-state index is 3.32. The lowest BCUT2D eigenvalue weighted by atomic mass is 9.99. The molecule has 0 bridgehead atoms. The standard InChI is InChI=1S/C12H20N2/c1-9-5-6-11(10(2)7-9)12(14-4)8-13-3/h5-7,12-14H,8H2,1-4H3. The van der Waals surface area contributed by atoms with Gasteiger partial charge in [0.2, 0.25) is 0 Å². The Kier molecular flexibility index (Phi) is 4.11. The Morgan fingerprint density at radius 2 is 1.93 bits per heavy atom. The van der Waals surface area contributed by atoms with Gasteiger partial charge in [-0.25, -0.2) is 0 Å². The summed E-state index contributed by atoms with van der Waals surface area (Å²) in [5, 5.41) is 6.51. The first-order valence-corrected chi connectivity index (χ1v) is 5.08. The molecule has 0 fully saturated rings. The first-order valence-electron chi connectivity index (χ1n) is 5.08. The third-order valence-electron chi connectivity index (χ3n) is 2.56. The van der Waals surface area contributed by atoms with Gasteiger partial charge in [-0.1, -0.05) is 23.8 Å². The number of benzene rings is 1. The molecule has 0 aliphatic carbocycles. The van der Waals surface area contributed by atoms with Crippen LogP contribution in [0.2, 0.25) is 0 Å². The van der Waals surface area contributed by atoms with Gasteiger partial charge in [-0.2, -0.15) is 0 Å². The fraction of sp³-hybridized carbons (Fsp3) is 0.500. The van der Waals surface area contributed by atoms with E-state index in [1.54, 1.807) is 0 Å². The summed E-state index contributed by atoms with van der Waals surface area (Å²) in [6, 6.07) is 7.02. The Hall–Kier alpha value is -0.860. The average Bonchev–Trinajstić information content (AvgIpc) is 2.15. The predicted molar refractivity (Wildman–Crippen MR) is 61.6 cm³/mol. The molecular formula is C12H20N2. The molecule has 1 unspecified atom stereocenters. The fourth-order valence-corrected chi connectivity index (χ4v) is 1.79. The lowest BCUT2D eigenvalue weighted by molar-refractivity contribution is 0.556. The molecule has 1 aromatic carbocycles. The van der Waals surface area contributed by atoms with Crippen molar-refractivity contribution in [3.63, 3.8) is 0 Å². The second-order valence-electron chi connectivity index (χ2n) is 3.76. The molecule has 78 valence electrons. The molecule has 1 aromatic rings. The predicted octanol–water partition coefficient (Wildman–Crippen LogP) is 1.78. The van der Waals surface area contributed by atoms with Crippen molar-refractivity contribution in [2.45, 2.75) is 19.9 Å². The maximum atomic E-state index is 3.32. The van der Waals surface area contributed by atoms with Crippen LogP contribution in [0.5, 0.6) is 0 Å². The van der Waals surface area contributed by atoms with Crippen molar-refractivity contribution in [1.29, 1.82) is 0 Å². The Morgan fingerprint density at radius 3 is 2.43 bits per heavy atom. The molecule has 0 radical (unpaired) electrons. The van der Waals surface area contributed by atoms with E-state index in [2.05, 4.69) is 42.7 Å². The van der Waals surface area contributed by atoms with Crippen molar-refractivity contribution in [2.75, 3.05) is 20.6 Å². The minimum Gasteiger partial charge on any atom is -0.318 e. The van der Waals surface area contributed by atoms with Crippen LogP contribution in [0.4, 0.5) is 0 Å². The van der Waals surface area contributed by atoms with E-state index in [0.29, 0.717) is 6.04 Å². The SMILES string of the molecule is CNCC(NC)c1ccc(C)cc1C. The molecular weight excluding hydrogens is 172 g/mol. The van der Waals surface area contributed by atoms with E-state index in [4.69, 9.17) is 0 Å². The minimum absolute atomic E-state index is 0.403. The van der Waals surface area contributed by atoms with Gasteiger partial charge < -0.3 is 10.6 Å². The second kappa shape index (κ2) is 5.13. The molecule has 0 spiro atoms. The van der Waals surface area contributed by atoms with Crippen LogP contribution in [0.15, 0.2) is 18.2 Å². The average molecular weight is 192 g/mol. The summed E-state index contributed by atoms with van der Waals surface area (Å²) in [5.41, 5.74) is 4.07. The van der Waals surface area contributed by atoms with Crippen LogP contribution in [-0.2, 0) is 0 Å². The summed E-state index contributed by atoms with van der Waals surface area (Å²) in [6.45, 7) is 5.26. The Bertz CT molecular complexity index is 294. The van der Waals surface area contributed by atoms with Crippen LogP contribution in [0.1, 0.15) is 22.7 Å². The highest BCUT2D eigenvalue weighted by molar-refractivity contribution is 5.32. The van der Waals surface area contributed by atoms with Gasteiger partial charge in [0.1, 0.15) is 0 Å². The van der Waals surface area contributed by atoms with Gasteiger partial charge in [-0.3, -0.25) is 0 Å². The first kappa shape index (κ1) is 11.2. The smallest absolute Gasteiger partial charge is 0.0446 e. The third-order valence-corrected chi connectivity index (χ3v) is 2.56. The summed E-state index contributed by atoms with van der Waals surface area (Å²) in [7, 11) is 3.98. The molecule has 0 heterocycles. The lowest BCUT2D eigenvalue weighted by Crippen LogP contribution is -2.27. The van der Waals surface area contributed by atoms with Crippen molar-refractivity contribution < 1.29 is 0 Å². The van der Waals surface area contributed by atoms with Gasteiger partial charge in [0.05, 0.1) is 0 Å². The zero-order valence-corrected chi connectivity index (χ0v) is 9.52. The molecule has 0 aliphatic heterocycles. The monoisotopic (exact) mass is 192 g/mol. The maximum Gasteiger partial charge on any atom is 0.0446 e. The van der Waals surface area contributed by atoms with Gasteiger partial charge in [0, 0.05) is 12.6 Å². The zero-order chi connectivity index (χ0) is 10.6. The van der Waals surface area contributed by atoms with Crippen LogP contribution in [0.25, 0.3) is 0 Å². The quantitative estimate of drug-likeness (QED) is 0.760. The molecule has 0 saturated heterocycles. The molecule has 1 rings (SSSR count). The number of hydrogen-bond acceptors (Lipinski definition) is 2. The summed E-state index contributed by atoms with van der Waals surface area (Å²) in [4.78, 5) is 0. The molecule has 2 heteroatoms. The number of aryl methyl sites for hydroxylation is 2. The highest BCUT2D eigenvalue weighted by Crippen LogP contribution is 2.17. The summed E-state index contributed by atoms with van der Waals surface area (Å²) in [5.74, 6) is 0. The summed E-state index contributed by atoms with van der Waals surface area (Å²) >= 11 is 0. The van der Waals surface area contributed by atoms with Crippen LogP contribution in [-0.4, -0.2) is 20.6 Å². The van der Waals surface area contributed by atoms with Gasteiger partial charge in [-0.15, -0.1) is 0 Å². The van der Waals surface area contributed by atoms with E-state index >= 15 is 0 Å². The Balaban J connectivity index is 2.92. The van der Waals surface area contributed by atoms with Gasteiger partial charge in [0.15, 0.2) is 0 Å². The largest absolute Gasteiger partial charge is 0.318 e. The van der Waals surface area contributed by atoms with Crippen LogP contribution >= 0.6 is 0 Å². The van der Waals surface area contributed by atoms with Gasteiger partial charge >= 0.3 is 0 Å². The molecule has 1 atom stereocenters. The van der Waals surface area contributed by atoms with Crippen molar-refractivity contribution in [3.8, 4) is 0 Å². The van der Waals surface area contributed by atoms with Crippen molar-refractivity contribution in [3.05, 3.63) is 34.9 Å². The van der Waals surface area contributed by atoms with Crippen molar-refractivity contribution >= 4 is 0 Å². The number of rotatable bonds is 4. The van der Waals surface area contributed by atoms with E-state index < -0.39 is 0 Å². The lowest BCUT2D eigenvalue weighted by Gasteiger charge is -2.18. The second-order valence-corrected chi connectivity index (χ2v) is 3.76.